The molecule has 0 N–H and O–H groups in total. The van der Waals surface area contributed by atoms with Crippen LogP contribution in [0, 0.1) is 0 Å². The van der Waals surface area contributed by atoms with Crippen molar-refractivity contribution in [1.82, 2.24) is 19.7 Å². The number of nitrogens with zero attached hydrogens (tertiary/aromatic N) is 4. The summed E-state index contributed by atoms with van der Waals surface area (Å²) in [6, 6.07) is 15.5. The van der Waals surface area contributed by atoms with Gasteiger partial charge in [0.05, 0.1) is 0 Å². The summed E-state index contributed by atoms with van der Waals surface area (Å²) in [6.45, 7) is 0. The summed E-state index contributed by atoms with van der Waals surface area (Å²) in [5, 5.41) is 13.9. The quantitative estimate of drug-likeness (QED) is 0.351. The largest absolute Gasteiger partial charge is 0.304 e. The summed E-state index contributed by atoms with van der Waals surface area (Å²) >= 11 is 15.2. The highest BCUT2D eigenvalue weighted by molar-refractivity contribution is 7.98. The first-order chi connectivity index (χ1) is 13.1. The van der Waals surface area contributed by atoms with E-state index in [9.17, 15) is 0 Å². The van der Waals surface area contributed by atoms with Crippen LogP contribution in [0.5, 0.6) is 0 Å². The number of thioether (sulfide) groups is 1. The minimum Gasteiger partial charge on any atom is -0.304 e. The Balaban J connectivity index is 1.53. The summed E-state index contributed by atoms with van der Waals surface area (Å²) in [4.78, 5) is 4.71. The molecular weight excluding hydrogens is 419 g/mol. The summed E-state index contributed by atoms with van der Waals surface area (Å²) in [5.74, 6) is 1.53. The molecule has 4 aromatic rings. The number of benzene rings is 2. The van der Waals surface area contributed by atoms with Crippen LogP contribution in [0.15, 0.2) is 59.1 Å². The van der Waals surface area contributed by atoms with Crippen molar-refractivity contribution in [3.63, 3.8) is 0 Å². The molecular formula is C19H14Cl2N4S2. The third kappa shape index (κ3) is 4.19. The van der Waals surface area contributed by atoms with E-state index >= 15 is 0 Å². The third-order valence-corrected chi connectivity index (χ3v) is 6.39. The van der Waals surface area contributed by atoms with Crippen LogP contribution in [0.2, 0.25) is 10.0 Å². The van der Waals surface area contributed by atoms with Gasteiger partial charge in [0, 0.05) is 33.8 Å². The third-order valence-electron chi connectivity index (χ3n) is 3.92. The molecule has 0 aliphatic rings. The normalized spacial score (nSPS) is 11.1. The number of rotatable bonds is 5. The molecule has 0 saturated carbocycles. The highest BCUT2D eigenvalue weighted by Crippen LogP contribution is 2.30. The van der Waals surface area contributed by atoms with E-state index < -0.39 is 0 Å². The summed E-state index contributed by atoms with van der Waals surface area (Å²) in [5.41, 5.74) is 3.00. The Labute approximate surface area is 175 Å². The maximum atomic E-state index is 6.05. The predicted molar refractivity (Wildman–Crippen MR) is 114 cm³/mol. The molecule has 8 heteroatoms. The Morgan fingerprint density at radius 3 is 2.63 bits per heavy atom. The van der Waals surface area contributed by atoms with Crippen molar-refractivity contribution in [2.24, 2.45) is 7.05 Å². The van der Waals surface area contributed by atoms with E-state index in [-0.39, 0.29) is 0 Å². The molecule has 4 rings (SSSR count). The lowest BCUT2D eigenvalue weighted by molar-refractivity contribution is 0.792. The van der Waals surface area contributed by atoms with E-state index in [2.05, 4.69) is 16.3 Å². The molecule has 0 atom stereocenters. The van der Waals surface area contributed by atoms with Gasteiger partial charge in [-0.3, -0.25) is 0 Å². The molecule has 2 aromatic carbocycles. The van der Waals surface area contributed by atoms with Gasteiger partial charge < -0.3 is 4.57 Å². The van der Waals surface area contributed by atoms with Crippen LogP contribution in [0.1, 0.15) is 5.56 Å². The second-order valence-electron chi connectivity index (χ2n) is 5.83. The predicted octanol–water partition coefficient (Wildman–Crippen LogP) is 6.20. The molecule has 27 heavy (non-hydrogen) atoms. The molecule has 136 valence electrons. The van der Waals surface area contributed by atoms with Crippen LogP contribution < -0.4 is 0 Å². The number of thiazole rings is 1. The van der Waals surface area contributed by atoms with Gasteiger partial charge in [-0.15, -0.1) is 21.5 Å². The van der Waals surface area contributed by atoms with Gasteiger partial charge in [0.1, 0.15) is 10.7 Å². The first kappa shape index (κ1) is 18.5. The lowest BCUT2D eigenvalue weighted by Crippen LogP contribution is -1.95. The molecule has 0 amide bonds. The van der Waals surface area contributed by atoms with Gasteiger partial charge in [-0.05, 0) is 29.8 Å². The van der Waals surface area contributed by atoms with E-state index in [4.69, 9.17) is 28.2 Å². The molecule has 0 spiro atoms. The lowest BCUT2D eigenvalue weighted by Gasteiger charge is -2.03. The SMILES string of the molecule is Cn1c(SCc2cccc(Cl)c2)nnc1-c1csc(-c2ccc(Cl)cc2)n1. The van der Waals surface area contributed by atoms with Crippen LogP contribution in [-0.4, -0.2) is 19.7 Å². The number of aromatic nitrogens is 4. The molecule has 0 bridgehead atoms. The van der Waals surface area contributed by atoms with E-state index in [1.54, 1.807) is 23.1 Å². The summed E-state index contributed by atoms with van der Waals surface area (Å²) in [7, 11) is 1.96. The van der Waals surface area contributed by atoms with Gasteiger partial charge in [0.2, 0.25) is 0 Å². The molecule has 2 heterocycles. The average molecular weight is 433 g/mol. The minimum atomic E-state index is 0.713. The molecule has 4 nitrogen and oxygen atoms in total. The Bertz CT molecular complexity index is 1070. The number of hydrogen-bond acceptors (Lipinski definition) is 5. The van der Waals surface area contributed by atoms with Gasteiger partial charge >= 0.3 is 0 Å². The zero-order chi connectivity index (χ0) is 18.8. The van der Waals surface area contributed by atoms with Gasteiger partial charge in [-0.2, -0.15) is 0 Å². The van der Waals surface area contributed by atoms with Crippen molar-refractivity contribution in [2.45, 2.75) is 10.9 Å². The zero-order valence-corrected chi connectivity index (χ0v) is 17.4. The van der Waals surface area contributed by atoms with Gasteiger partial charge in [0.25, 0.3) is 0 Å². The molecule has 0 unspecified atom stereocenters. The Morgan fingerprint density at radius 1 is 1.04 bits per heavy atom. The summed E-state index contributed by atoms with van der Waals surface area (Å²) in [6.07, 6.45) is 0. The highest BCUT2D eigenvalue weighted by atomic mass is 35.5. The van der Waals surface area contributed by atoms with Crippen molar-refractivity contribution >= 4 is 46.3 Å². The maximum absolute atomic E-state index is 6.05. The van der Waals surface area contributed by atoms with Crippen molar-refractivity contribution in [3.05, 3.63) is 69.5 Å². The molecule has 2 aromatic heterocycles. The van der Waals surface area contributed by atoms with Crippen LogP contribution in [0.25, 0.3) is 22.1 Å². The highest BCUT2D eigenvalue weighted by Gasteiger charge is 2.15. The zero-order valence-electron chi connectivity index (χ0n) is 14.3. The molecule has 0 aliphatic carbocycles. The summed E-state index contributed by atoms with van der Waals surface area (Å²) < 4.78 is 1.97. The standard InChI is InChI=1S/C19H14Cl2N4S2/c1-25-17(16-11-26-18(22-16)13-5-7-14(20)8-6-13)23-24-19(25)27-10-12-3-2-4-15(21)9-12/h2-9,11H,10H2,1H3. The number of hydrogen-bond donors (Lipinski definition) is 0. The second-order valence-corrected chi connectivity index (χ2v) is 8.50. The number of halogens is 2. The van der Waals surface area contributed by atoms with E-state index in [0.29, 0.717) is 5.02 Å². The molecule has 0 aliphatic heterocycles. The lowest BCUT2D eigenvalue weighted by atomic mass is 10.2. The topological polar surface area (TPSA) is 43.6 Å². The van der Waals surface area contributed by atoms with Crippen molar-refractivity contribution in [2.75, 3.05) is 0 Å². The Morgan fingerprint density at radius 2 is 1.85 bits per heavy atom. The molecule has 0 fully saturated rings. The smallest absolute Gasteiger partial charge is 0.191 e. The minimum absolute atomic E-state index is 0.713. The van der Waals surface area contributed by atoms with Crippen LogP contribution in [-0.2, 0) is 12.8 Å². The average Bonchev–Trinajstić information content (AvgIpc) is 3.28. The van der Waals surface area contributed by atoms with Crippen LogP contribution in [0.3, 0.4) is 0 Å². The van der Waals surface area contributed by atoms with Crippen molar-refractivity contribution in [3.8, 4) is 22.1 Å². The Hall–Kier alpha value is -1.86. The van der Waals surface area contributed by atoms with E-state index in [1.807, 2.05) is 59.5 Å². The van der Waals surface area contributed by atoms with Crippen molar-refractivity contribution < 1.29 is 0 Å². The maximum Gasteiger partial charge on any atom is 0.191 e. The molecule has 0 saturated heterocycles. The second kappa shape index (κ2) is 8.02. The van der Waals surface area contributed by atoms with Gasteiger partial charge in [0.15, 0.2) is 11.0 Å². The molecule has 0 radical (unpaired) electrons. The van der Waals surface area contributed by atoms with Crippen LogP contribution >= 0.6 is 46.3 Å². The van der Waals surface area contributed by atoms with Crippen molar-refractivity contribution in [1.29, 1.82) is 0 Å². The monoisotopic (exact) mass is 432 g/mol. The van der Waals surface area contributed by atoms with Gasteiger partial charge in [-0.25, -0.2) is 4.98 Å². The van der Waals surface area contributed by atoms with E-state index in [0.717, 1.165) is 43.6 Å². The fourth-order valence-corrected chi connectivity index (χ4v) is 4.54. The van der Waals surface area contributed by atoms with Gasteiger partial charge in [-0.1, -0.05) is 59.2 Å². The fraction of sp³-hybridized carbons (Fsp3) is 0.105. The first-order valence-corrected chi connectivity index (χ1v) is 10.7. The fourth-order valence-electron chi connectivity index (χ4n) is 2.54. The first-order valence-electron chi connectivity index (χ1n) is 8.08. The van der Waals surface area contributed by atoms with Crippen LogP contribution in [0.4, 0.5) is 0 Å². The van der Waals surface area contributed by atoms with E-state index in [1.165, 1.54) is 0 Å². The Kier molecular flexibility index (Phi) is 5.50.